The number of halogens is 1. The molecule has 0 heterocycles. The van der Waals surface area contributed by atoms with Gasteiger partial charge in [0.05, 0.1) is 11.6 Å². The molecular formula is C9H9BrO4. The number of ether oxygens (including phenoxy) is 2. The van der Waals surface area contributed by atoms with Gasteiger partial charge in [0.1, 0.15) is 11.5 Å². The van der Waals surface area contributed by atoms with Crippen molar-refractivity contribution in [1.29, 1.82) is 0 Å². The average Bonchev–Trinajstić information content (AvgIpc) is 2.19. The molecular weight excluding hydrogens is 252 g/mol. The summed E-state index contributed by atoms with van der Waals surface area (Å²) in [5, 5.41) is 9.17. The first-order chi connectivity index (χ1) is 6.63. The van der Waals surface area contributed by atoms with Gasteiger partial charge in [-0.05, 0) is 34.1 Å². The van der Waals surface area contributed by atoms with Crippen LogP contribution in [0.3, 0.4) is 0 Å². The highest BCUT2D eigenvalue weighted by atomic mass is 79.9. The lowest BCUT2D eigenvalue weighted by Gasteiger charge is -2.05. The van der Waals surface area contributed by atoms with Gasteiger partial charge in [-0.25, -0.2) is 4.79 Å². The van der Waals surface area contributed by atoms with Crippen molar-refractivity contribution in [2.45, 2.75) is 0 Å². The van der Waals surface area contributed by atoms with E-state index in [1.165, 1.54) is 13.2 Å². The molecule has 0 atom stereocenters. The lowest BCUT2D eigenvalue weighted by molar-refractivity contribution is -0.142. The van der Waals surface area contributed by atoms with Crippen molar-refractivity contribution in [1.82, 2.24) is 0 Å². The highest BCUT2D eigenvalue weighted by Gasteiger charge is 2.03. The molecule has 5 heteroatoms. The summed E-state index contributed by atoms with van der Waals surface area (Å²) in [4.78, 5) is 10.7. The molecule has 0 saturated heterocycles. The van der Waals surface area contributed by atoms with Crippen molar-refractivity contribution < 1.29 is 19.4 Å². The fraction of sp³-hybridized carbons (Fsp3) is 0.222. The number of esters is 1. The predicted octanol–water partition coefficient (Wildman–Crippen LogP) is 1.71. The summed E-state index contributed by atoms with van der Waals surface area (Å²) < 4.78 is 9.99. The van der Waals surface area contributed by atoms with Crippen LogP contribution in [0, 0.1) is 0 Å². The highest BCUT2D eigenvalue weighted by Crippen LogP contribution is 2.27. The summed E-state index contributed by atoms with van der Waals surface area (Å²) in [7, 11) is 1.29. The largest absolute Gasteiger partial charge is 0.507 e. The summed E-state index contributed by atoms with van der Waals surface area (Å²) in [6.45, 7) is -0.145. The lowest BCUT2D eigenvalue weighted by atomic mass is 10.3. The van der Waals surface area contributed by atoms with E-state index in [-0.39, 0.29) is 12.4 Å². The third-order valence-corrected chi connectivity index (χ3v) is 2.14. The van der Waals surface area contributed by atoms with E-state index in [1.807, 2.05) is 0 Å². The number of aromatic hydroxyl groups is 1. The fourth-order valence-electron chi connectivity index (χ4n) is 0.779. The van der Waals surface area contributed by atoms with E-state index < -0.39 is 5.97 Å². The second-order valence-corrected chi connectivity index (χ2v) is 3.33. The van der Waals surface area contributed by atoms with Crippen molar-refractivity contribution in [2.24, 2.45) is 0 Å². The van der Waals surface area contributed by atoms with Crippen molar-refractivity contribution in [3.05, 3.63) is 22.7 Å². The van der Waals surface area contributed by atoms with E-state index in [4.69, 9.17) is 4.74 Å². The normalized spacial score (nSPS) is 9.57. The van der Waals surface area contributed by atoms with E-state index >= 15 is 0 Å². The van der Waals surface area contributed by atoms with Gasteiger partial charge in [0.15, 0.2) is 6.61 Å². The van der Waals surface area contributed by atoms with Crippen LogP contribution in [-0.2, 0) is 9.53 Å². The van der Waals surface area contributed by atoms with Gasteiger partial charge in [-0.15, -0.1) is 0 Å². The van der Waals surface area contributed by atoms with Crippen LogP contribution in [-0.4, -0.2) is 24.8 Å². The Kier molecular flexibility index (Phi) is 3.76. The molecule has 1 aromatic carbocycles. The van der Waals surface area contributed by atoms with Crippen LogP contribution < -0.4 is 4.74 Å². The molecule has 0 aliphatic rings. The zero-order chi connectivity index (χ0) is 10.6. The molecule has 1 rings (SSSR count). The van der Waals surface area contributed by atoms with Gasteiger partial charge in [0, 0.05) is 0 Å². The Hall–Kier alpha value is -1.23. The standard InChI is InChI=1S/C9H9BrO4/c1-13-9(12)5-14-6-2-3-8(11)7(10)4-6/h2-4,11H,5H2,1H3. The van der Waals surface area contributed by atoms with E-state index in [1.54, 1.807) is 12.1 Å². The summed E-state index contributed by atoms with van der Waals surface area (Å²) in [6, 6.07) is 4.60. The number of methoxy groups -OCH3 is 1. The summed E-state index contributed by atoms with van der Waals surface area (Å²) >= 11 is 3.12. The van der Waals surface area contributed by atoms with Crippen LogP contribution in [0.1, 0.15) is 0 Å². The van der Waals surface area contributed by atoms with Crippen molar-refractivity contribution in [2.75, 3.05) is 13.7 Å². The minimum Gasteiger partial charge on any atom is -0.507 e. The third-order valence-electron chi connectivity index (χ3n) is 1.50. The maximum Gasteiger partial charge on any atom is 0.343 e. The predicted molar refractivity (Wildman–Crippen MR) is 53.3 cm³/mol. The Labute approximate surface area is 89.6 Å². The van der Waals surface area contributed by atoms with E-state index in [9.17, 15) is 9.90 Å². The smallest absolute Gasteiger partial charge is 0.343 e. The minimum absolute atomic E-state index is 0.121. The van der Waals surface area contributed by atoms with Crippen LogP contribution in [0.2, 0.25) is 0 Å². The fourth-order valence-corrected chi connectivity index (χ4v) is 1.14. The topological polar surface area (TPSA) is 55.8 Å². The first-order valence-electron chi connectivity index (χ1n) is 3.81. The molecule has 0 aromatic heterocycles. The molecule has 0 aliphatic carbocycles. The Morgan fingerprint density at radius 3 is 2.86 bits per heavy atom. The maximum absolute atomic E-state index is 10.7. The number of hydrogen-bond acceptors (Lipinski definition) is 4. The highest BCUT2D eigenvalue weighted by molar-refractivity contribution is 9.10. The molecule has 0 unspecified atom stereocenters. The van der Waals surface area contributed by atoms with Crippen molar-refractivity contribution in [3.63, 3.8) is 0 Å². The zero-order valence-electron chi connectivity index (χ0n) is 7.49. The molecule has 76 valence electrons. The summed E-state index contributed by atoms with van der Waals surface area (Å²) in [5.41, 5.74) is 0. The molecule has 1 N–H and O–H groups in total. The SMILES string of the molecule is COC(=O)COc1ccc(O)c(Br)c1. The first-order valence-corrected chi connectivity index (χ1v) is 4.61. The number of benzene rings is 1. The number of rotatable bonds is 3. The summed E-state index contributed by atoms with van der Waals surface area (Å²) in [6.07, 6.45) is 0. The average molecular weight is 261 g/mol. The molecule has 0 spiro atoms. The molecule has 0 amide bonds. The van der Waals surface area contributed by atoms with Crippen LogP contribution in [0.5, 0.6) is 11.5 Å². The monoisotopic (exact) mass is 260 g/mol. The van der Waals surface area contributed by atoms with Gasteiger partial charge >= 0.3 is 5.97 Å². The Balaban J connectivity index is 2.60. The van der Waals surface area contributed by atoms with Crippen molar-refractivity contribution >= 4 is 21.9 Å². The quantitative estimate of drug-likeness (QED) is 0.841. The Morgan fingerprint density at radius 1 is 1.57 bits per heavy atom. The van der Waals surface area contributed by atoms with Gasteiger partial charge in [0.25, 0.3) is 0 Å². The Bertz CT molecular complexity index is 338. The van der Waals surface area contributed by atoms with Gasteiger partial charge < -0.3 is 14.6 Å². The molecule has 0 bridgehead atoms. The van der Waals surface area contributed by atoms with E-state index in [2.05, 4.69) is 20.7 Å². The first kappa shape index (κ1) is 10.8. The number of phenols is 1. The van der Waals surface area contributed by atoms with Crippen molar-refractivity contribution in [3.8, 4) is 11.5 Å². The van der Waals surface area contributed by atoms with E-state index in [0.29, 0.717) is 10.2 Å². The van der Waals surface area contributed by atoms with E-state index in [0.717, 1.165) is 0 Å². The van der Waals surface area contributed by atoms with Crippen LogP contribution in [0.25, 0.3) is 0 Å². The molecule has 0 radical (unpaired) electrons. The van der Waals surface area contributed by atoms with Crippen LogP contribution >= 0.6 is 15.9 Å². The lowest BCUT2D eigenvalue weighted by Crippen LogP contribution is -2.12. The molecule has 4 nitrogen and oxygen atoms in total. The number of hydrogen-bond donors (Lipinski definition) is 1. The zero-order valence-corrected chi connectivity index (χ0v) is 9.08. The van der Waals surface area contributed by atoms with Crippen LogP contribution in [0.15, 0.2) is 22.7 Å². The second kappa shape index (κ2) is 4.85. The molecule has 0 fully saturated rings. The van der Waals surface area contributed by atoms with Gasteiger partial charge in [-0.2, -0.15) is 0 Å². The second-order valence-electron chi connectivity index (χ2n) is 2.48. The van der Waals surface area contributed by atoms with Gasteiger partial charge in [0.2, 0.25) is 0 Å². The number of carbonyl (C=O) groups excluding carboxylic acids is 1. The van der Waals surface area contributed by atoms with Crippen LogP contribution in [0.4, 0.5) is 0 Å². The van der Waals surface area contributed by atoms with Gasteiger partial charge in [-0.1, -0.05) is 0 Å². The number of phenolic OH excluding ortho intramolecular Hbond substituents is 1. The summed E-state index contributed by atoms with van der Waals surface area (Å²) in [5.74, 6) is 0.157. The molecule has 0 aliphatic heterocycles. The third kappa shape index (κ3) is 2.92. The molecule has 0 saturated carbocycles. The number of carbonyl (C=O) groups is 1. The molecule has 14 heavy (non-hydrogen) atoms. The minimum atomic E-state index is -0.450. The van der Waals surface area contributed by atoms with Gasteiger partial charge in [-0.3, -0.25) is 0 Å². The maximum atomic E-state index is 10.7. The Morgan fingerprint density at radius 2 is 2.29 bits per heavy atom. The molecule has 1 aromatic rings.